The van der Waals surface area contributed by atoms with Crippen molar-refractivity contribution in [1.82, 2.24) is 25.4 Å². The molecule has 124 valence electrons. The van der Waals surface area contributed by atoms with Crippen LogP contribution in [0.3, 0.4) is 0 Å². The number of hydrogen-bond donors (Lipinski definition) is 2. The minimum absolute atomic E-state index is 0.103. The molecule has 0 spiro atoms. The Morgan fingerprint density at radius 1 is 1.35 bits per heavy atom. The number of ether oxygens (including phenoxy) is 1. The van der Waals surface area contributed by atoms with Gasteiger partial charge in [-0.05, 0) is 31.2 Å². The Labute approximate surface area is 134 Å². The van der Waals surface area contributed by atoms with E-state index in [1.807, 2.05) is 14.0 Å². The summed E-state index contributed by atoms with van der Waals surface area (Å²) in [7, 11) is 3.52. The third-order valence-electron chi connectivity index (χ3n) is 3.15. The highest BCUT2D eigenvalue weighted by molar-refractivity contribution is 5.79. The first-order valence-corrected chi connectivity index (χ1v) is 7.28. The van der Waals surface area contributed by atoms with Crippen LogP contribution in [0.15, 0.2) is 35.6 Å². The second kappa shape index (κ2) is 8.11. The van der Waals surface area contributed by atoms with E-state index in [0.29, 0.717) is 24.8 Å². The molecule has 0 fully saturated rings. The SMILES string of the molecule is CN=C(NCc1ncnn1C)NCC(C)Oc1ccc(F)cc1. The van der Waals surface area contributed by atoms with Gasteiger partial charge in [0.15, 0.2) is 5.96 Å². The molecule has 0 bridgehead atoms. The van der Waals surface area contributed by atoms with Crippen molar-refractivity contribution >= 4 is 5.96 Å². The summed E-state index contributed by atoms with van der Waals surface area (Å²) in [4.78, 5) is 8.27. The van der Waals surface area contributed by atoms with Crippen molar-refractivity contribution in [2.45, 2.75) is 19.6 Å². The fourth-order valence-electron chi connectivity index (χ4n) is 1.89. The summed E-state index contributed by atoms with van der Waals surface area (Å²) in [6.07, 6.45) is 1.40. The molecule has 2 rings (SSSR count). The molecule has 8 heteroatoms. The van der Waals surface area contributed by atoms with E-state index in [4.69, 9.17) is 4.74 Å². The summed E-state index contributed by atoms with van der Waals surface area (Å²) < 4.78 is 20.2. The zero-order chi connectivity index (χ0) is 16.7. The van der Waals surface area contributed by atoms with Crippen LogP contribution in [-0.4, -0.2) is 40.4 Å². The van der Waals surface area contributed by atoms with E-state index in [2.05, 4.69) is 25.7 Å². The standard InChI is InChI=1S/C15H21FN6O/c1-11(23-13-6-4-12(16)5-7-13)8-18-15(17-2)19-9-14-20-10-21-22(14)3/h4-7,10-11H,8-9H2,1-3H3,(H2,17,18,19). The van der Waals surface area contributed by atoms with Gasteiger partial charge in [0.2, 0.25) is 0 Å². The Morgan fingerprint density at radius 2 is 2.09 bits per heavy atom. The Morgan fingerprint density at radius 3 is 2.70 bits per heavy atom. The predicted octanol–water partition coefficient (Wildman–Crippen LogP) is 1.09. The number of rotatable bonds is 6. The molecule has 0 saturated heterocycles. The Balaban J connectivity index is 1.76. The molecule has 1 aromatic carbocycles. The van der Waals surface area contributed by atoms with Crippen LogP contribution >= 0.6 is 0 Å². The largest absolute Gasteiger partial charge is 0.489 e. The summed E-state index contributed by atoms with van der Waals surface area (Å²) in [6.45, 7) is 2.99. The van der Waals surface area contributed by atoms with Gasteiger partial charge in [0.25, 0.3) is 0 Å². The average Bonchev–Trinajstić information content (AvgIpc) is 2.95. The second-order valence-corrected chi connectivity index (χ2v) is 4.99. The average molecular weight is 320 g/mol. The van der Waals surface area contributed by atoms with Gasteiger partial charge in [-0.3, -0.25) is 9.67 Å². The van der Waals surface area contributed by atoms with Gasteiger partial charge in [-0.1, -0.05) is 0 Å². The number of halogens is 1. The minimum Gasteiger partial charge on any atom is -0.489 e. The predicted molar refractivity (Wildman–Crippen MR) is 85.7 cm³/mol. The Hall–Kier alpha value is -2.64. The van der Waals surface area contributed by atoms with E-state index in [-0.39, 0.29) is 11.9 Å². The number of aromatic nitrogens is 3. The molecule has 2 aromatic rings. The van der Waals surface area contributed by atoms with Crippen molar-refractivity contribution in [3.05, 3.63) is 42.2 Å². The van der Waals surface area contributed by atoms with Crippen molar-refractivity contribution in [3.8, 4) is 5.75 Å². The second-order valence-electron chi connectivity index (χ2n) is 4.99. The molecule has 2 N–H and O–H groups in total. The highest BCUT2D eigenvalue weighted by Crippen LogP contribution is 2.12. The lowest BCUT2D eigenvalue weighted by molar-refractivity contribution is 0.223. The van der Waals surface area contributed by atoms with Crippen LogP contribution in [-0.2, 0) is 13.6 Å². The van der Waals surface area contributed by atoms with Crippen molar-refractivity contribution in [1.29, 1.82) is 0 Å². The van der Waals surface area contributed by atoms with Gasteiger partial charge in [0.05, 0.1) is 13.1 Å². The quantitative estimate of drug-likeness (QED) is 0.615. The minimum atomic E-state index is -0.281. The van der Waals surface area contributed by atoms with Gasteiger partial charge in [-0.25, -0.2) is 9.37 Å². The molecule has 0 amide bonds. The molecule has 23 heavy (non-hydrogen) atoms. The zero-order valence-electron chi connectivity index (χ0n) is 13.5. The number of nitrogens with one attached hydrogen (secondary N) is 2. The summed E-state index contributed by atoms with van der Waals surface area (Å²) in [5, 5.41) is 10.3. The Bertz CT molecular complexity index is 640. The van der Waals surface area contributed by atoms with Crippen molar-refractivity contribution < 1.29 is 9.13 Å². The number of aliphatic imine (C=N–C) groups is 1. The monoisotopic (exact) mass is 320 g/mol. The van der Waals surface area contributed by atoms with Gasteiger partial charge >= 0.3 is 0 Å². The van der Waals surface area contributed by atoms with Gasteiger partial charge < -0.3 is 15.4 Å². The molecule has 0 radical (unpaired) electrons. The third kappa shape index (κ3) is 5.24. The maximum absolute atomic E-state index is 12.9. The maximum atomic E-state index is 12.9. The van der Waals surface area contributed by atoms with Crippen LogP contribution in [0.25, 0.3) is 0 Å². The lowest BCUT2D eigenvalue weighted by Gasteiger charge is -2.17. The number of guanidine groups is 1. The molecular formula is C15H21FN6O. The number of benzene rings is 1. The van der Waals surface area contributed by atoms with E-state index in [1.54, 1.807) is 23.9 Å². The van der Waals surface area contributed by atoms with E-state index in [0.717, 1.165) is 5.82 Å². The van der Waals surface area contributed by atoms with Gasteiger partial charge in [-0.2, -0.15) is 5.10 Å². The summed E-state index contributed by atoms with van der Waals surface area (Å²) >= 11 is 0. The van der Waals surface area contributed by atoms with Crippen LogP contribution in [0.2, 0.25) is 0 Å². The van der Waals surface area contributed by atoms with Crippen molar-refractivity contribution in [2.24, 2.45) is 12.0 Å². The molecule has 1 heterocycles. The van der Waals surface area contributed by atoms with Crippen molar-refractivity contribution in [2.75, 3.05) is 13.6 Å². The summed E-state index contributed by atoms with van der Waals surface area (Å²) in [6, 6.07) is 5.95. The third-order valence-corrected chi connectivity index (χ3v) is 3.15. The topological polar surface area (TPSA) is 76.4 Å². The van der Waals surface area contributed by atoms with Crippen LogP contribution in [0.4, 0.5) is 4.39 Å². The molecule has 0 aliphatic heterocycles. The van der Waals surface area contributed by atoms with E-state index in [9.17, 15) is 4.39 Å². The number of hydrogen-bond acceptors (Lipinski definition) is 4. The Kier molecular flexibility index (Phi) is 5.90. The van der Waals surface area contributed by atoms with Gasteiger partial charge in [-0.15, -0.1) is 0 Å². The first kappa shape index (κ1) is 16.7. The van der Waals surface area contributed by atoms with Crippen LogP contribution in [0, 0.1) is 5.82 Å². The van der Waals surface area contributed by atoms with E-state index >= 15 is 0 Å². The molecular weight excluding hydrogens is 299 g/mol. The lowest BCUT2D eigenvalue weighted by atomic mass is 10.3. The summed E-state index contributed by atoms with van der Waals surface area (Å²) in [5.74, 6) is 1.80. The maximum Gasteiger partial charge on any atom is 0.191 e. The smallest absolute Gasteiger partial charge is 0.191 e. The summed E-state index contributed by atoms with van der Waals surface area (Å²) in [5.41, 5.74) is 0. The normalized spacial score (nSPS) is 12.8. The molecule has 0 saturated carbocycles. The molecule has 1 unspecified atom stereocenters. The molecule has 0 aliphatic carbocycles. The zero-order valence-corrected chi connectivity index (χ0v) is 13.5. The van der Waals surface area contributed by atoms with Crippen LogP contribution in [0.5, 0.6) is 5.75 Å². The lowest BCUT2D eigenvalue weighted by Crippen LogP contribution is -2.41. The highest BCUT2D eigenvalue weighted by atomic mass is 19.1. The van der Waals surface area contributed by atoms with Crippen molar-refractivity contribution in [3.63, 3.8) is 0 Å². The van der Waals surface area contributed by atoms with Crippen LogP contribution < -0.4 is 15.4 Å². The molecule has 0 aliphatic rings. The molecule has 1 aromatic heterocycles. The molecule has 1 atom stereocenters. The van der Waals surface area contributed by atoms with Crippen LogP contribution in [0.1, 0.15) is 12.7 Å². The van der Waals surface area contributed by atoms with E-state index in [1.165, 1.54) is 18.5 Å². The highest BCUT2D eigenvalue weighted by Gasteiger charge is 2.07. The molecule has 7 nitrogen and oxygen atoms in total. The first-order valence-electron chi connectivity index (χ1n) is 7.28. The van der Waals surface area contributed by atoms with Gasteiger partial charge in [0.1, 0.15) is 29.8 Å². The fourth-order valence-corrected chi connectivity index (χ4v) is 1.89. The number of nitrogens with zero attached hydrogens (tertiary/aromatic N) is 4. The van der Waals surface area contributed by atoms with E-state index < -0.39 is 0 Å². The first-order chi connectivity index (χ1) is 11.1. The van der Waals surface area contributed by atoms with Gasteiger partial charge in [0, 0.05) is 14.1 Å². The number of aryl methyl sites for hydroxylation is 1. The fraction of sp³-hybridized carbons (Fsp3) is 0.400.